The van der Waals surface area contributed by atoms with Crippen molar-refractivity contribution in [1.29, 1.82) is 0 Å². The number of pyridine rings is 1. The van der Waals surface area contributed by atoms with Gasteiger partial charge in [0.2, 0.25) is 11.7 Å². The molecular formula is C17H10Cl2N4O3. The lowest BCUT2D eigenvalue weighted by molar-refractivity contribution is -0.122. The van der Waals surface area contributed by atoms with E-state index in [2.05, 4.69) is 15.5 Å². The van der Waals surface area contributed by atoms with Crippen molar-refractivity contribution in [3.05, 3.63) is 58.3 Å². The minimum atomic E-state index is -1.04. The number of rotatable bonds is 3. The highest BCUT2D eigenvalue weighted by Gasteiger charge is 2.55. The summed E-state index contributed by atoms with van der Waals surface area (Å²) in [5.41, 5.74) is 2.80. The number of Topliss-reactive ketones (excluding diaryl/α,β-unsaturated/α-hetero) is 1. The molecule has 2 aliphatic rings. The standard InChI is InChI=1S/C17H10Cl2N4O3/c18-9-6-7-10(19)20-12(9)15(24)13-11-14(22-21-13)17(26)23(16(11)25)8-4-2-1-3-5-8/h1-7,11,14,22H/t11-,14+/m0/s1. The molecule has 1 fully saturated rings. The number of carbonyl (C=O) groups is 3. The van der Waals surface area contributed by atoms with Crippen molar-refractivity contribution in [2.24, 2.45) is 11.0 Å². The van der Waals surface area contributed by atoms with Gasteiger partial charge in [0.25, 0.3) is 5.91 Å². The number of carbonyl (C=O) groups excluding carboxylic acids is 3. The van der Waals surface area contributed by atoms with E-state index in [1.165, 1.54) is 12.1 Å². The van der Waals surface area contributed by atoms with Crippen LogP contribution in [0.15, 0.2) is 47.6 Å². The lowest BCUT2D eigenvalue weighted by Crippen LogP contribution is -2.36. The highest BCUT2D eigenvalue weighted by atomic mass is 35.5. The minimum absolute atomic E-state index is 0.0839. The van der Waals surface area contributed by atoms with Crippen molar-refractivity contribution < 1.29 is 14.4 Å². The molecule has 1 N–H and O–H groups in total. The van der Waals surface area contributed by atoms with E-state index in [-0.39, 0.29) is 21.6 Å². The van der Waals surface area contributed by atoms with E-state index >= 15 is 0 Å². The minimum Gasteiger partial charge on any atom is -0.296 e. The van der Waals surface area contributed by atoms with E-state index in [1.54, 1.807) is 30.3 Å². The number of hydrogen-bond acceptors (Lipinski definition) is 6. The third-order valence-corrected chi connectivity index (χ3v) is 4.71. The molecule has 2 aromatic rings. The Hall–Kier alpha value is -2.77. The summed E-state index contributed by atoms with van der Waals surface area (Å²) >= 11 is 11.8. The van der Waals surface area contributed by atoms with E-state index in [0.717, 1.165) is 4.90 Å². The van der Waals surface area contributed by atoms with Gasteiger partial charge in [0.05, 0.1) is 10.7 Å². The number of aromatic nitrogens is 1. The van der Waals surface area contributed by atoms with Crippen LogP contribution < -0.4 is 10.3 Å². The van der Waals surface area contributed by atoms with Crippen molar-refractivity contribution in [3.8, 4) is 0 Å². The largest absolute Gasteiger partial charge is 0.296 e. The van der Waals surface area contributed by atoms with Crippen LogP contribution in [0.4, 0.5) is 5.69 Å². The maximum absolute atomic E-state index is 12.8. The molecule has 0 radical (unpaired) electrons. The number of hydrazone groups is 1. The van der Waals surface area contributed by atoms with Crippen molar-refractivity contribution >= 4 is 52.2 Å². The SMILES string of the molecule is O=C(C1=NN[C@H]2C(=O)N(c3ccccc3)C(=O)[C@@H]12)c1nc(Cl)ccc1Cl. The van der Waals surface area contributed by atoms with Crippen molar-refractivity contribution in [2.75, 3.05) is 4.90 Å². The van der Waals surface area contributed by atoms with Gasteiger partial charge in [0, 0.05) is 0 Å². The molecule has 2 amide bonds. The molecule has 130 valence electrons. The van der Waals surface area contributed by atoms with Gasteiger partial charge in [-0.15, -0.1) is 0 Å². The van der Waals surface area contributed by atoms with E-state index in [0.29, 0.717) is 5.69 Å². The van der Waals surface area contributed by atoms with Crippen LogP contribution >= 0.6 is 23.2 Å². The molecule has 9 heteroatoms. The number of nitrogens with zero attached hydrogens (tertiary/aromatic N) is 3. The van der Waals surface area contributed by atoms with E-state index in [4.69, 9.17) is 23.2 Å². The van der Waals surface area contributed by atoms with E-state index in [1.807, 2.05) is 0 Å². The van der Waals surface area contributed by atoms with Crippen LogP contribution in [0, 0.1) is 5.92 Å². The van der Waals surface area contributed by atoms with Crippen LogP contribution in [0.2, 0.25) is 10.2 Å². The quantitative estimate of drug-likeness (QED) is 0.493. The fourth-order valence-electron chi connectivity index (χ4n) is 3.01. The Bertz CT molecular complexity index is 977. The summed E-state index contributed by atoms with van der Waals surface area (Å²) in [6.07, 6.45) is 0. The van der Waals surface area contributed by atoms with Gasteiger partial charge < -0.3 is 0 Å². The molecule has 0 spiro atoms. The lowest BCUT2D eigenvalue weighted by atomic mass is 9.94. The van der Waals surface area contributed by atoms with Crippen LogP contribution in [0.3, 0.4) is 0 Å². The molecule has 1 aromatic heterocycles. The molecule has 3 heterocycles. The zero-order valence-electron chi connectivity index (χ0n) is 13.0. The second-order valence-electron chi connectivity index (χ2n) is 5.72. The highest BCUT2D eigenvalue weighted by Crippen LogP contribution is 2.32. The second kappa shape index (κ2) is 6.19. The molecule has 1 aromatic carbocycles. The molecule has 0 aliphatic carbocycles. The van der Waals surface area contributed by atoms with Crippen LogP contribution in [0.1, 0.15) is 10.5 Å². The highest BCUT2D eigenvalue weighted by molar-refractivity contribution is 6.54. The molecular weight excluding hydrogens is 379 g/mol. The first-order chi connectivity index (χ1) is 12.5. The maximum Gasteiger partial charge on any atom is 0.259 e. The van der Waals surface area contributed by atoms with Gasteiger partial charge in [0.15, 0.2) is 0 Å². The number of para-hydroxylation sites is 1. The van der Waals surface area contributed by atoms with Crippen molar-refractivity contribution in [3.63, 3.8) is 0 Å². The molecule has 26 heavy (non-hydrogen) atoms. The molecule has 2 atom stereocenters. The van der Waals surface area contributed by atoms with Gasteiger partial charge in [-0.2, -0.15) is 5.10 Å². The van der Waals surface area contributed by atoms with Gasteiger partial charge in [-0.3, -0.25) is 19.8 Å². The Morgan fingerprint density at radius 3 is 2.50 bits per heavy atom. The zero-order valence-corrected chi connectivity index (χ0v) is 14.5. The summed E-state index contributed by atoms with van der Waals surface area (Å²) in [5, 5.41) is 4.07. The van der Waals surface area contributed by atoms with Crippen LogP contribution in [-0.2, 0) is 9.59 Å². The number of ketones is 1. The summed E-state index contributed by atoms with van der Waals surface area (Å²) in [4.78, 5) is 43.2. The molecule has 0 saturated carbocycles. The number of fused-ring (bicyclic) bond motifs is 1. The zero-order chi connectivity index (χ0) is 18.4. The molecule has 0 bridgehead atoms. The van der Waals surface area contributed by atoms with Gasteiger partial charge in [-0.1, -0.05) is 41.4 Å². The molecule has 1 saturated heterocycles. The number of amides is 2. The maximum atomic E-state index is 12.8. The van der Waals surface area contributed by atoms with Crippen LogP contribution in [0.25, 0.3) is 0 Å². The second-order valence-corrected chi connectivity index (χ2v) is 6.52. The van der Waals surface area contributed by atoms with Gasteiger partial charge >= 0.3 is 0 Å². The first kappa shape index (κ1) is 16.7. The summed E-state index contributed by atoms with van der Waals surface area (Å²) in [5.74, 6) is -2.68. The van der Waals surface area contributed by atoms with Crippen molar-refractivity contribution in [1.82, 2.24) is 10.4 Å². The molecule has 4 rings (SSSR count). The summed E-state index contributed by atoms with van der Waals surface area (Å²) in [6, 6.07) is 10.4. The van der Waals surface area contributed by atoms with Crippen molar-refractivity contribution in [2.45, 2.75) is 6.04 Å². The predicted molar refractivity (Wildman–Crippen MR) is 95.4 cm³/mol. The normalized spacial score (nSPS) is 21.5. The number of imide groups is 1. The number of benzene rings is 1. The first-order valence-electron chi connectivity index (χ1n) is 7.61. The number of hydrogen-bond donors (Lipinski definition) is 1. The summed E-state index contributed by atoms with van der Waals surface area (Å²) in [6.45, 7) is 0. The Morgan fingerprint density at radius 1 is 1.04 bits per heavy atom. The smallest absolute Gasteiger partial charge is 0.259 e. The number of halogens is 2. The lowest BCUT2D eigenvalue weighted by Gasteiger charge is -2.15. The summed E-state index contributed by atoms with van der Waals surface area (Å²) < 4.78 is 0. The fourth-order valence-corrected chi connectivity index (χ4v) is 3.35. The van der Waals surface area contributed by atoms with Gasteiger partial charge in [-0.05, 0) is 24.3 Å². The molecule has 2 aliphatic heterocycles. The number of anilines is 1. The third-order valence-electron chi connectivity index (χ3n) is 4.20. The Balaban J connectivity index is 1.70. The van der Waals surface area contributed by atoms with Crippen LogP contribution in [-0.4, -0.2) is 34.3 Å². The topological polar surface area (TPSA) is 91.7 Å². The first-order valence-corrected chi connectivity index (χ1v) is 8.37. The molecule has 7 nitrogen and oxygen atoms in total. The fraction of sp³-hybridized carbons (Fsp3) is 0.118. The molecule has 0 unspecified atom stereocenters. The van der Waals surface area contributed by atoms with Crippen LogP contribution in [0.5, 0.6) is 0 Å². The average molecular weight is 389 g/mol. The monoisotopic (exact) mass is 388 g/mol. The van der Waals surface area contributed by atoms with E-state index < -0.39 is 29.6 Å². The average Bonchev–Trinajstić information content (AvgIpc) is 3.18. The van der Waals surface area contributed by atoms with E-state index in [9.17, 15) is 14.4 Å². The number of nitrogens with one attached hydrogen (secondary N) is 1. The van der Waals surface area contributed by atoms with Gasteiger partial charge in [-0.25, -0.2) is 9.88 Å². The predicted octanol–water partition coefficient (Wildman–Crippen LogP) is 2.09. The third kappa shape index (κ3) is 2.48. The Morgan fingerprint density at radius 2 is 1.77 bits per heavy atom. The van der Waals surface area contributed by atoms with Gasteiger partial charge in [0.1, 0.15) is 28.5 Å². The Kier molecular flexibility index (Phi) is 3.97. The Labute approximate surface area is 157 Å². The summed E-state index contributed by atoms with van der Waals surface area (Å²) in [7, 11) is 0.